The van der Waals surface area contributed by atoms with Crippen LogP contribution >= 0.6 is 11.6 Å². The average molecular weight is 387 g/mol. The lowest BCUT2D eigenvalue weighted by Crippen LogP contribution is -2.48. The Labute approximate surface area is 152 Å². The molecule has 2 saturated heterocycles. The van der Waals surface area contributed by atoms with Crippen LogP contribution in [-0.2, 0) is 4.79 Å². The Kier molecular flexibility index (Phi) is 4.48. The minimum Gasteiger partial charge on any atom is -0.343 e. The fourth-order valence-corrected chi connectivity index (χ4v) is 3.61. The lowest BCUT2D eigenvalue weighted by molar-refractivity contribution is -0.174. The predicted molar refractivity (Wildman–Crippen MR) is 86.7 cm³/mol. The van der Waals surface area contributed by atoms with Crippen molar-refractivity contribution in [3.63, 3.8) is 0 Å². The number of urea groups is 1. The normalized spacial score (nSPS) is 22.4. The number of carbonyl (C=O) groups excluding carboxylic acids is 2. The minimum atomic E-state index is -4.97. The Bertz CT molecular complexity index is 821. The van der Waals surface area contributed by atoms with Gasteiger partial charge in [0.05, 0.1) is 29.2 Å². The highest BCUT2D eigenvalue weighted by molar-refractivity contribution is 6.33. The van der Waals surface area contributed by atoms with Gasteiger partial charge in [-0.05, 0) is 31.0 Å². The molecule has 3 amide bonds. The number of rotatable bonds is 2. The second kappa shape index (κ2) is 6.36. The molecule has 1 N–H and O–H groups in total. The molecular formula is C16H14ClF3N4O2. The highest BCUT2D eigenvalue weighted by Crippen LogP contribution is 2.35. The van der Waals surface area contributed by atoms with Crippen molar-refractivity contribution in [3.05, 3.63) is 28.3 Å². The number of hydrogen-bond acceptors (Lipinski definition) is 3. The SMILES string of the molecule is Cc1c(N2CC3C(NC(=O)C(F)(F)F)CCN3C2=O)ccc(C#N)c1Cl. The Morgan fingerprint density at radius 2 is 2.12 bits per heavy atom. The molecule has 6 nitrogen and oxygen atoms in total. The van der Waals surface area contributed by atoms with Gasteiger partial charge in [0.1, 0.15) is 6.07 Å². The first-order valence-electron chi connectivity index (χ1n) is 7.80. The molecule has 2 fully saturated rings. The molecule has 10 heteroatoms. The van der Waals surface area contributed by atoms with Gasteiger partial charge in [-0.25, -0.2) is 4.79 Å². The molecule has 2 aliphatic rings. The van der Waals surface area contributed by atoms with E-state index < -0.39 is 24.2 Å². The highest BCUT2D eigenvalue weighted by Gasteiger charge is 2.49. The van der Waals surface area contributed by atoms with Crippen molar-refractivity contribution in [3.8, 4) is 6.07 Å². The van der Waals surface area contributed by atoms with Gasteiger partial charge in [-0.1, -0.05) is 11.6 Å². The van der Waals surface area contributed by atoms with E-state index in [0.717, 1.165) is 0 Å². The van der Waals surface area contributed by atoms with Crippen LogP contribution in [0.3, 0.4) is 0 Å². The number of anilines is 1. The van der Waals surface area contributed by atoms with Crippen molar-refractivity contribution >= 4 is 29.2 Å². The van der Waals surface area contributed by atoms with Crippen LogP contribution in [0.25, 0.3) is 0 Å². The lowest BCUT2D eigenvalue weighted by Gasteiger charge is -2.22. The highest BCUT2D eigenvalue weighted by atomic mass is 35.5. The topological polar surface area (TPSA) is 76.4 Å². The molecule has 2 aliphatic heterocycles. The maximum absolute atomic E-state index is 12.6. The van der Waals surface area contributed by atoms with Gasteiger partial charge in [-0.15, -0.1) is 0 Å². The van der Waals surface area contributed by atoms with Crippen LogP contribution < -0.4 is 10.2 Å². The number of nitrogens with zero attached hydrogens (tertiary/aromatic N) is 3. The van der Waals surface area contributed by atoms with E-state index in [1.165, 1.54) is 15.9 Å². The van der Waals surface area contributed by atoms with Gasteiger partial charge < -0.3 is 10.2 Å². The number of nitrogens with one attached hydrogen (secondary N) is 1. The summed E-state index contributed by atoms with van der Waals surface area (Å²) in [5.74, 6) is -2.01. The van der Waals surface area contributed by atoms with Gasteiger partial charge in [-0.3, -0.25) is 9.69 Å². The van der Waals surface area contributed by atoms with Crippen LogP contribution in [0.1, 0.15) is 17.5 Å². The van der Waals surface area contributed by atoms with Crippen molar-refractivity contribution < 1.29 is 22.8 Å². The number of alkyl halides is 3. The first-order chi connectivity index (χ1) is 12.1. The second-order valence-electron chi connectivity index (χ2n) is 6.20. The molecule has 26 heavy (non-hydrogen) atoms. The molecule has 1 aromatic carbocycles. The van der Waals surface area contributed by atoms with E-state index >= 15 is 0 Å². The summed E-state index contributed by atoms with van der Waals surface area (Å²) < 4.78 is 37.5. The molecule has 2 atom stereocenters. The lowest BCUT2D eigenvalue weighted by atomic mass is 10.1. The first kappa shape index (κ1) is 18.3. The summed E-state index contributed by atoms with van der Waals surface area (Å²) in [7, 11) is 0. The van der Waals surface area contributed by atoms with Crippen molar-refractivity contribution in [2.24, 2.45) is 0 Å². The number of halogens is 4. The maximum Gasteiger partial charge on any atom is 0.471 e. The quantitative estimate of drug-likeness (QED) is 0.848. The van der Waals surface area contributed by atoms with Gasteiger partial charge >= 0.3 is 18.1 Å². The molecule has 0 spiro atoms. The van der Waals surface area contributed by atoms with Crippen LogP contribution in [0.15, 0.2) is 12.1 Å². The van der Waals surface area contributed by atoms with Crippen LogP contribution in [0.5, 0.6) is 0 Å². The van der Waals surface area contributed by atoms with Crippen molar-refractivity contribution in [2.45, 2.75) is 31.6 Å². The minimum absolute atomic E-state index is 0.130. The fraction of sp³-hybridized carbons (Fsp3) is 0.438. The summed E-state index contributed by atoms with van der Waals surface area (Å²) in [6.45, 7) is 2.05. The standard InChI is InChI=1S/C16H14ClF3N4O2/c1-8-11(3-2-9(6-21)13(8)17)24-7-12-10(4-5-23(12)15(24)26)22-14(25)16(18,19)20/h2-3,10,12H,4-5,7H2,1H3,(H,22,25). The van der Waals surface area contributed by atoms with Crippen LogP contribution in [-0.4, -0.2) is 48.2 Å². The van der Waals surface area contributed by atoms with Gasteiger partial charge in [0.2, 0.25) is 0 Å². The van der Waals surface area contributed by atoms with Crippen LogP contribution in [0.2, 0.25) is 5.02 Å². The van der Waals surface area contributed by atoms with E-state index in [4.69, 9.17) is 16.9 Å². The van der Waals surface area contributed by atoms with Crippen LogP contribution in [0.4, 0.5) is 23.7 Å². The monoisotopic (exact) mass is 386 g/mol. The molecule has 0 aromatic heterocycles. The van der Waals surface area contributed by atoms with Crippen LogP contribution in [0, 0.1) is 18.3 Å². The Morgan fingerprint density at radius 1 is 1.42 bits per heavy atom. The van der Waals surface area contributed by atoms with Gasteiger partial charge in [0.25, 0.3) is 0 Å². The summed E-state index contributed by atoms with van der Waals surface area (Å²) >= 11 is 6.14. The molecular weight excluding hydrogens is 373 g/mol. The number of nitriles is 1. The van der Waals surface area contributed by atoms with E-state index in [1.54, 1.807) is 13.0 Å². The molecule has 2 heterocycles. The largest absolute Gasteiger partial charge is 0.471 e. The van der Waals surface area contributed by atoms with Gasteiger partial charge in [0, 0.05) is 12.2 Å². The Hall–Kier alpha value is -2.47. The third kappa shape index (κ3) is 2.94. The van der Waals surface area contributed by atoms with Crippen molar-refractivity contribution in [2.75, 3.05) is 18.0 Å². The zero-order valence-corrected chi connectivity index (χ0v) is 14.4. The average Bonchev–Trinajstić information content (AvgIpc) is 3.10. The van der Waals surface area contributed by atoms with E-state index in [-0.39, 0.29) is 36.1 Å². The number of carbonyl (C=O) groups is 2. The van der Waals surface area contributed by atoms with E-state index in [1.807, 2.05) is 11.4 Å². The predicted octanol–water partition coefficient (Wildman–Crippen LogP) is 2.58. The van der Waals surface area contributed by atoms with Gasteiger partial charge in [-0.2, -0.15) is 18.4 Å². The molecule has 0 aliphatic carbocycles. The summed E-state index contributed by atoms with van der Waals surface area (Å²) in [4.78, 5) is 26.7. The zero-order chi connectivity index (χ0) is 19.2. The Balaban J connectivity index is 1.83. The third-order valence-electron chi connectivity index (χ3n) is 4.74. The third-order valence-corrected chi connectivity index (χ3v) is 5.22. The van der Waals surface area contributed by atoms with E-state index in [2.05, 4.69) is 0 Å². The number of amides is 3. The molecule has 2 unspecified atom stereocenters. The summed E-state index contributed by atoms with van der Waals surface area (Å²) in [5, 5.41) is 11.2. The summed E-state index contributed by atoms with van der Waals surface area (Å²) in [5.41, 5.74) is 1.31. The molecule has 0 radical (unpaired) electrons. The summed E-state index contributed by atoms with van der Waals surface area (Å²) in [6.07, 6.45) is -4.70. The smallest absolute Gasteiger partial charge is 0.343 e. The molecule has 1 aromatic rings. The van der Waals surface area contributed by atoms with E-state index in [0.29, 0.717) is 11.3 Å². The molecule has 0 bridgehead atoms. The zero-order valence-electron chi connectivity index (χ0n) is 13.6. The van der Waals surface area contributed by atoms with Gasteiger partial charge in [0.15, 0.2) is 0 Å². The second-order valence-corrected chi connectivity index (χ2v) is 6.58. The number of fused-ring (bicyclic) bond motifs is 1. The number of benzene rings is 1. The maximum atomic E-state index is 12.6. The van der Waals surface area contributed by atoms with E-state index in [9.17, 15) is 22.8 Å². The fourth-order valence-electron chi connectivity index (χ4n) is 3.41. The molecule has 3 rings (SSSR count). The van der Waals surface area contributed by atoms with Crippen molar-refractivity contribution in [1.82, 2.24) is 10.2 Å². The molecule has 138 valence electrons. The van der Waals surface area contributed by atoms with Crippen molar-refractivity contribution in [1.29, 1.82) is 5.26 Å². The number of hydrogen-bond donors (Lipinski definition) is 1. The molecule has 0 saturated carbocycles. The first-order valence-corrected chi connectivity index (χ1v) is 8.18. The summed E-state index contributed by atoms with van der Waals surface area (Å²) in [6, 6.07) is 3.34. The Morgan fingerprint density at radius 3 is 2.73 bits per heavy atom.